The summed E-state index contributed by atoms with van der Waals surface area (Å²) in [5.74, 6) is 1.16. The Bertz CT molecular complexity index is 907. The molecule has 0 atom stereocenters. The largest absolute Gasteiger partial charge is 0.466 e. The van der Waals surface area contributed by atoms with Crippen molar-refractivity contribution in [3.63, 3.8) is 0 Å². The first-order chi connectivity index (χ1) is 12.8. The molecule has 0 fully saturated rings. The van der Waals surface area contributed by atoms with Gasteiger partial charge in [0.2, 0.25) is 5.91 Å². The fourth-order valence-corrected chi connectivity index (χ4v) is 4.73. The molecule has 0 saturated carbocycles. The van der Waals surface area contributed by atoms with Crippen LogP contribution in [0.2, 0.25) is 0 Å². The fraction of sp³-hybridized carbons (Fsp3) is 0.200. The number of thiazole rings is 1. The first-order valence-corrected chi connectivity index (χ1v) is 10.3. The van der Waals surface area contributed by atoms with Gasteiger partial charge in [-0.15, -0.1) is 11.3 Å². The second-order valence-corrected chi connectivity index (χ2v) is 8.26. The summed E-state index contributed by atoms with van der Waals surface area (Å²) in [6.07, 6.45) is 14.3. The van der Waals surface area contributed by atoms with E-state index in [4.69, 9.17) is 4.74 Å². The molecule has 132 valence electrons. The number of carbonyl (C=O) groups excluding carboxylic acids is 1. The summed E-state index contributed by atoms with van der Waals surface area (Å²) in [6, 6.07) is 8.02. The molecule has 4 rings (SSSR count). The summed E-state index contributed by atoms with van der Waals surface area (Å²) in [6.45, 7) is 0. The third-order valence-electron chi connectivity index (χ3n) is 4.11. The standard InChI is InChI=1S/C20H18N2O2S2/c23-19(14-25-20-21-17-8-4-5-9-18(17)26-20)22-10-11-24-16(13-22)12-15-6-2-1-3-7-15/h1-2,4-6,8-11,13H,3,7,12,14H2. The Hall–Kier alpha value is -2.31. The number of hydrogen-bond acceptors (Lipinski definition) is 5. The molecule has 1 aromatic heterocycles. The van der Waals surface area contributed by atoms with Gasteiger partial charge in [0, 0.05) is 12.6 Å². The van der Waals surface area contributed by atoms with Crippen LogP contribution in [0.1, 0.15) is 19.3 Å². The van der Waals surface area contributed by atoms with E-state index in [0.29, 0.717) is 5.75 Å². The molecule has 2 aromatic rings. The van der Waals surface area contributed by atoms with Gasteiger partial charge in [-0.05, 0) is 25.0 Å². The van der Waals surface area contributed by atoms with Crippen LogP contribution in [0.3, 0.4) is 0 Å². The van der Waals surface area contributed by atoms with Gasteiger partial charge in [0.25, 0.3) is 0 Å². The van der Waals surface area contributed by atoms with Crippen molar-refractivity contribution in [2.75, 3.05) is 5.75 Å². The number of fused-ring (bicyclic) bond motifs is 1. The summed E-state index contributed by atoms with van der Waals surface area (Å²) in [7, 11) is 0. The molecule has 0 radical (unpaired) electrons. The molecule has 4 nitrogen and oxygen atoms in total. The van der Waals surface area contributed by atoms with E-state index in [1.807, 2.05) is 24.3 Å². The summed E-state index contributed by atoms with van der Waals surface area (Å²) >= 11 is 3.10. The van der Waals surface area contributed by atoms with Crippen LogP contribution < -0.4 is 0 Å². The Labute approximate surface area is 160 Å². The zero-order valence-electron chi connectivity index (χ0n) is 14.1. The van der Waals surface area contributed by atoms with Crippen molar-refractivity contribution in [3.05, 3.63) is 72.5 Å². The van der Waals surface area contributed by atoms with Crippen molar-refractivity contribution < 1.29 is 9.53 Å². The lowest BCUT2D eigenvalue weighted by Crippen LogP contribution is -2.24. The lowest BCUT2D eigenvalue weighted by atomic mass is 10.0. The minimum absolute atomic E-state index is 0.0174. The van der Waals surface area contributed by atoms with E-state index < -0.39 is 0 Å². The van der Waals surface area contributed by atoms with Crippen LogP contribution in [0.5, 0.6) is 0 Å². The number of hydrogen-bond donors (Lipinski definition) is 0. The number of carbonyl (C=O) groups is 1. The van der Waals surface area contributed by atoms with Crippen LogP contribution in [0.4, 0.5) is 0 Å². The van der Waals surface area contributed by atoms with Crippen LogP contribution in [-0.2, 0) is 9.53 Å². The number of aromatic nitrogens is 1. The Morgan fingerprint density at radius 2 is 2.27 bits per heavy atom. The van der Waals surface area contributed by atoms with Crippen molar-refractivity contribution in [2.45, 2.75) is 23.6 Å². The van der Waals surface area contributed by atoms with Crippen molar-refractivity contribution in [1.29, 1.82) is 0 Å². The van der Waals surface area contributed by atoms with Crippen molar-refractivity contribution >= 4 is 39.2 Å². The molecule has 0 bridgehead atoms. The molecule has 2 heterocycles. The molecule has 0 N–H and O–H groups in total. The van der Waals surface area contributed by atoms with E-state index in [1.165, 1.54) is 17.3 Å². The van der Waals surface area contributed by atoms with Gasteiger partial charge in [0.15, 0.2) is 4.34 Å². The topological polar surface area (TPSA) is 42.4 Å². The van der Waals surface area contributed by atoms with E-state index in [2.05, 4.69) is 23.2 Å². The molecule has 1 aliphatic heterocycles. The van der Waals surface area contributed by atoms with Crippen LogP contribution in [0.15, 0.2) is 76.8 Å². The predicted octanol–water partition coefficient (Wildman–Crippen LogP) is 5.23. The van der Waals surface area contributed by atoms with Crippen molar-refractivity contribution in [3.8, 4) is 0 Å². The Balaban J connectivity index is 1.37. The van der Waals surface area contributed by atoms with E-state index >= 15 is 0 Å². The highest BCUT2D eigenvalue weighted by Gasteiger charge is 2.16. The fourth-order valence-electron chi connectivity index (χ4n) is 2.79. The Morgan fingerprint density at radius 3 is 3.12 bits per heavy atom. The summed E-state index contributed by atoms with van der Waals surface area (Å²) < 4.78 is 7.63. The number of allylic oxidation sites excluding steroid dienone is 4. The van der Waals surface area contributed by atoms with Crippen LogP contribution in [-0.4, -0.2) is 21.5 Å². The number of thioether (sulfide) groups is 1. The SMILES string of the molecule is O=C(CSc1nc2ccccc2s1)N1C=COC(CC2=CC=CCC2)=C1. The minimum atomic E-state index is 0.0174. The van der Waals surface area contributed by atoms with Gasteiger partial charge >= 0.3 is 0 Å². The molecule has 6 heteroatoms. The predicted molar refractivity (Wildman–Crippen MR) is 107 cm³/mol. The van der Waals surface area contributed by atoms with Gasteiger partial charge in [-0.25, -0.2) is 4.98 Å². The molecule has 0 saturated heterocycles. The molecular weight excluding hydrogens is 364 g/mol. The van der Waals surface area contributed by atoms with E-state index in [9.17, 15) is 4.79 Å². The second kappa shape index (κ2) is 7.93. The van der Waals surface area contributed by atoms with Gasteiger partial charge in [-0.2, -0.15) is 0 Å². The van der Waals surface area contributed by atoms with Gasteiger partial charge in [-0.3, -0.25) is 9.69 Å². The molecule has 1 amide bonds. The highest BCUT2D eigenvalue weighted by atomic mass is 32.2. The van der Waals surface area contributed by atoms with Crippen molar-refractivity contribution in [2.24, 2.45) is 0 Å². The summed E-state index contributed by atoms with van der Waals surface area (Å²) in [4.78, 5) is 18.7. The lowest BCUT2D eigenvalue weighted by Gasteiger charge is -2.20. The second-order valence-electron chi connectivity index (χ2n) is 6.00. The lowest BCUT2D eigenvalue weighted by molar-refractivity contribution is -0.124. The van der Waals surface area contributed by atoms with Gasteiger partial charge in [0.05, 0.1) is 22.2 Å². The quantitative estimate of drug-likeness (QED) is 0.665. The first kappa shape index (κ1) is 17.1. The maximum atomic E-state index is 12.5. The number of benzene rings is 1. The van der Waals surface area contributed by atoms with Crippen LogP contribution in [0.25, 0.3) is 10.2 Å². The molecule has 0 spiro atoms. The zero-order valence-corrected chi connectivity index (χ0v) is 15.8. The van der Waals surface area contributed by atoms with Crippen LogP contribution in [0, 0.1) is 0 Å². The minimum Gasteiger partial charge on any atom is -0.466 e. The number of amides is 1. The Morgan fingerprint density at radius 1 is 1.35 bits per heavy atom. The number of ether oxygens (including phenoxy) is 1. The molecule has 26 heavy (non-hydrogen) atoms. The molecule has 2 aliphatic rings. The summed E-state index contributed by atoms with van der Waals surface area (Å²) in [5.41, 5.74) is 2.31. The third kappa shape index (κ3) is 4.08. The normalized spacial score (nSPS) is 16.4. The maximum Gasteiger partial charge on any atom is 0.241 e. The van der Waals surface area contributed by atoms with Gasteiger partial charge in [-0.1, -0.05) is 47.7 Å². The molecule has 1 aromatic carbocycles. The molecule has 0 unspecified atom stereocenters. The van der Waals surface area contributed by atoms with E-state index in [-0.39, 0.29) is 5.91 Å². The molecule has 1 aliphatic carbocycles. The average Bonchev–Trinajstić information content (AvgIpc) is 3.10. The first-order valence-electron chi connectivity index (χ1n) is 8.46. The highest BCUT2D eigenvalue weighted by Crippen LogP contribution is 2.30. The highest BCUT2D eigenvalue weighted by molar-refractivity contribution is 8.01. The monoisotopic (exact) mass is 382 g/mol. The van der Waals surface area contributed by atoms with E-state index in [0.717, 1.165) is 39.6 Å². The average molecular weight is 383 g/mol. The smallest absolute Gasteiger partial charge is 0.241 e. The molecular formula is C20H18N2O2S2. The number of para-hydroxylation sites is 1. The van der Waals surface area contributed by atoms with Gasteiger partial charge in [0.1, 0.15) is 12.0 Å². The van der Waals surface area contributed by atoms with Gasteiger partial charge < -0.3 is 4.74 Å². The summed E-state index contributed by atoms with van der Waals surface area (Å²) in [5, 5.41) is 0. The number of rotatable bonds is 5. The van der Waals surface area contributed by atoms with Crippen LogP contribution >= 0.6 is 23.1 Å². The third-order valence-corrected chi connectivity index (χ3v) is 6.27. The number of nitrogens with zero attached hydrogens (tertiary/aromatic N) is 2. The Kier molecular flexibility index (Phi) is 5.22. The van der Waals surface area contributed by atoms with E-state index in [1.54, 1.807) is 34.9 Å². The maximum absolute atomic E-state index is 12.5. The van der Waals surface area contributed by atoms with Crippen molar-refractivity contribution in [1.82, 2.24) is 9.88 Å². The zero-order chi connectivity index (χ0) is 17.8.